The molecule has 2 unspecified atom stereocenters. The van der Waals surface area contributed by atoms with Gasteiger partial charge in [-0.05, 0) is 58.2 Å². The van der Waals surface area contributed by atoms with Crippen LogP contribution in [0.15, 0.2) is 24.4 Å². The number of fused-ring (bicyclic) bond motifs is 1. The Bertz CT molecular complexity index is 712. The van der Waals surface area contributed by atoms with Crippen molar-refractivity contribution in [2.45, 2.75) is 64.5 Å². The fourth-order valence-corrected chi connectivity index (χ4v) is 3.53. The molecule has 1 saturated carbocycles. The third-order valence-electron chi connectivity index (χ3n) is 4.49. The zero-order valence-electron chi connectivity index (χ0n) is 14.4. The summed E-state index contributed by atoms with van der Waals surface area (Å²) in [5.41, 5.74) is 3.26. The van der Waals surface area contributed by atoms with Crippen LogP contribution in [0.1, 0.15) is 57.1 Å². The molecule has 1 aromatic heterocycles. The van der Waals surface area contributed by atoms with Crippen LogP contribution < -0.4 is 5.32 Å². The highest BCUT2D eigenvalue weighted by molar-refractivity contribution is 5.84. The summed E-state index contributed by atoms with van der Waals surface area (Å²) < 4.78 is 5.41. The van der Waals surface area contributed by atoms with E-state index >= 15 is 0 Å². The number of amides is 1. The van der Waals surface area contributed by atoms with Crippen LogP contribution in [0.3, 0.4) is 0 Å². The second-order valence-electron chi connectivity index (χ2n) is 7.58. The summed E-state index contributed by atoms with van der Waals surface area (Å²) in [6.07, 6.45) is 5.02. The molecule has 1 amide bonds. The standard InChI is InChI=1S/C19H26N2O2/c1-12-8-9-16-14(10-12)15(11-20-16)13-6-5-7-17(13)21-18(22)23-19(2,3)4/h8-11,13,17,20H,5-7H2,1-4H3,(H,21,22). The van der Waals surface area contributed by atoms with Crippen molar-refractivity contribution in [2.24, 2.45) is 0 Å². The molecular formula is C19H26N2O2. The second-order valence-corrected chi connectivity index (χ2v) is 7.58. The van der Waals surface area contributed by atoms with Gasteiger partial charge in [-0.1, -0.05) is 18.1 Å². The maximum atomic E-state index is 12.1. The van der Waals surface area contributed by atoms with Crippen LogP contribution in [0, 0.1) is 6.92 Å². The maximum absolute atomic E-state index is 12.1. The number of carbonyl (C=O) groups is 1. The summed E-state index contributed by atoms with van der Waals surface area (Å²) >= 11 is 0. The lowest BCUT2D eigenvalue weighted by atomic mass is 9.93. The van der Waals surface area contributed by atoms with Gasteiger partial charge in [-0.2, -0.15) is 0 Å². The summed E-state index contributed by atoms with van der Waals surface area (Å²) in [5, 5.41) is 4.35. The smallest absolute Gasteiger partial charge is 0.407 e. The van der Waals surface area contributed by atoms with Crippen molar-refractivity contribution in [1.29, 1.82) is 0 Å². The summed E-state index contributed by atoms with van der Waals surface area (Å²) in [7, 11) is 0. The largest absolute Gasteiger partial charge is 0.444 e. The van der Waals surface area contributed by atoms with E-state index in [2.05, 4.69) is 41.6 Å². The molecular weight excluding hydrogens is 288 g/mol. The van der Waals surface area contributed by atoms with Gasteiger partial charge in [0.05, 0.1) is 0 Å². The van der Waals surface area contributed by atoms with Gasteiger partial charge in [0.25, 0.3) is 0 Å². The number of carbonyl (C=O) groups excluding carboxylic acids is 1. The Morgan fingerprint density at radius 3 is 2.83 bits per heavy atom. The van der Waals surface area contributed by atoms with Gasteiger partial charge in [0, 0.05) is 29.1 Å². The number of benzene rings is 1. The number of ether oxygens (including phenoxy) is 1. The molecule has 0 aliphatic heterocycles. The van der Waals surface area contributed by atoms with E-state index in [0.717, 1.165) is 24.8 Å². The first kappa shape index (κ1) is 15.9. The summed E-state index contributed by atoms with van der Waals surface area (Å²) in [5.74, 6) is 0.345. The van der Waals surface area contributed by atoms with Gasteiger partial charge in [0.1, 0.15) is 5.60 Å². The number of H-pyrrole nitrogens is 1. The molecule has 0 spiro atoms. The maximum Gasteiger partial charge on any atom is 0.407 e. The minimum atomic E-state index is -0.462. The van der Waals surface area contributed by atoms with E-state index < -0.39 is 5.60 Å². The second kappa shape index (κ2) is 5.91. The predicted molar refractivity (Wildman–Crippen MR) is 92.8 cm³/mol. The lowest BCUT2D eigenvalue weighted by molar-refractivity contribution is 0.0501. The van der Waals surface area contributed by atoms with Gasteiger partial charge >= 0.3 is 6.09 Å². The molecule has 1 aliphatic carbocycles. The Balaban J connectivity index is 1.81. The molecule has 1 aliphatic rings. The molecule has 0 radical (unpaired) electrons. The van der Waals surface area contributed by atoms with Crippen LogP contribution >= 0.6 is 0 Å². The highest BCUT2D eigenvalue weighted by Gasteiger charge is 2.32. The quantitative estimate of drug-likeness (QED) is 0.848. The number of hydrogen-bond acceptors (Lipinski definition) is 2. The first-order valence-corrected chi connectivity index (χ1v) is 8.40. The Hall–Kier alpha value is -1.97. The topological polar surface area (TPSA) is 54.1 Å². The van der Waals surface area contributed by atoms with Crippen LogP contribution in [0.5, 0.6) is 0 Å². The average molecular weight is 314 g/mol. The Morgan fingerprint density at radius 1 is 1.30 bits per heavy atom. The number of aryl methyl sites for hydroxylation is 1. The molecule has 1 aromatic carbocycles. The number of aromatic amines is 1. The van der Waals surface area contributed by atoms with Crippen molar-refractivity contribution in [3.63, 3.8) is 0 Å². The normalized spacial score (nSPS) is 21.6. The van der Waals surface area contributed by atoms with Crippen molar-refractivity contribution in [3.8, 4) is 0 Å². The molecule has 0 bridgehead atoms. The van der Waals surface area contributed by atoms with Crippen molar-refractivity contribution >= 4 is 17.0 Å². The molecule has 0 saturated heterocycles. The molecule has 23 heavy (non-hydrogen) atoms. The molecule has 4 heteroatoms. The Kier molecular flexibility index (Phi) is 4.09. The van der Waals surface area contributed by atoms with Gasteiger partial charge in [0.15, 0.2) is 0 Å². The average Bonchev–Trinajstić information content (AvgIpc) is 3.02. The van der Waals surface area contributed by atoms with Crippen LogP contribution in [-0.4, -0.2) is 22.7 Å². The lowest BCUT2D eigenvalue weighted by Gasteiger charge is -2.24. The highest BCUT2D eigenvalue weighted by Crippen LogP contribution is 2.38. The third kappa shape index (κ3) is 3.52. The lowest BCUT2D eigenvalue weighted by Crippen LogP contribution is -2.40. The monoisotopic (exact) mass is 314 g/mol. The molecule has 2 N–H and O–H groups in total. The first-order chi connectivity index (χ1) is 10.8. The SMILES string of the molecule is Cc1ccc2[nH]cc(C3CCCC3NC(=O)OC(C)(C)C)c2c1. The van der Waals surface area contributed by atoms with Crippen LogP contribution in [0.4, 0.5) is 4.79 Å². The number of hydrogen-bond donors (Lipinski definition) is 2. The van der Waals surface area contributed by atoms with Crippen molar-refractivity contribution in [3.05, 3.63) is 35.5 Å². The molecule has 4 nitrogen and oxygen atoms in total. The van der Waals surface area contributed by atoms with Crippen molar-refractivity contribution in [1.82, 2.24) is 10.3 Å². The fraction of sp³-hybridized carbons (Fsp3) is 0.526. The van der Waals surface area contributed by atoms with E-state index in [4.69, 9.17) is 4.74 Å². The van der Waals surface area contributed by atoms with E-state index in [0.29, 0.717) is 5.92 Å². The number of rotatable bonds is 2. The van der Waals surface area contributed by atoms with Gasteiger partial charge in [0.2, 0.25) is 0 Å². The van der Waals surface area contributed by atoms with E-state index in [1.54, 1.807) is 0 Å². The predicted octanol–water partition coefficient (Wildman–Crippen LogP) is 4.64. The van der Waals surface area contributed by atoms with Gasteiger partial charge < -0.3 is 15.0 Å². The van der Waals surface area contributed by atoms with Crippen LogP contribution in [0.2, 0.25) is 0 Å². The Morgan fingerprint density at radius 2 is 2.09 bits per heavy atom. The molecule has 1 fully saturated rings. The zero-order valence-corrected chi connectivity index (χ0v) is 14.4. The van der Waals surface area contributed by atoms with E-state index in [1.807, 2.05) is 20.8 Å². The van der Waals surface area contributed by atoms with Gasteiger partial charge in [-0.3, -0.25) is 0 Å². The summed E-state index contributed by atoms with van der Waals surface area (Å²) in [4.78, 5) is 15.5. The number of nitrogens with one attached hydrogen (secondary N) is 2. The minimum Gasteiger partial charge on any atom is -0.444 e. The molecule has 2 atom stereocenters. The first-order valence-electron chi connectivity index (χ1n) is 8.40. The fourth-order valence-electron chi connectivity index (χ4n) is 3.53. The van der Waals surface area contributed by atoms with Crippen LogP contribution in [0.25, 0.3) is 10.9 Å². The molecule has 2 aromatic rings. The third-order valence-corrected chi connectivity index (χ3v) is 4.49. The molecule has 1 heterocycles. The molecule has 3 rings (SSSR count). The van der Waals surface area contributed by atoms with Crippen LogP contribution in [-0.2, 0) is 4.74 Å². The van der Waals surface area contributed by atoms with Gasteiger partial charge in [-0.25, -0.2) is 4.79 Å². The van der Waals surface area contributed by atoms with Gasteiger partial charge in [-0.15, -0.1) is 0 Å². The molecule has 124 valence electrons. The Labute approximate surface area is 137 Å². The number of alkyl carbamates (subject to hydrolysis) is 1. The minimum absolute atomic E-state index is 0.143. The zero-order chi connectivity index (χ0) is 16.6. The van der Waals surface area contributed by atoms with Crippen molar-refractivity contribution < 1.29 is 9.53 Å². The summed E-state index contributed by atoms with van der Waals surface area (Å²) in [6, 6.07) is 6.61. The van der Waals surface area contributed by atoms with Crippen molar-refractivity contribution in [2.75, 3.05) is 0 Å². The summed E-state index contributed by atoms with van der Waals surface area (Å²) in [6.45, 7) is 7.78. The van der Waals surface area contributed by atoms with E-state index in [-0.39, 0.29) is 12.1 Å². The van der Waals surface area contributed by atoms with E-state index in [9.17, 15) is 4.79 Å². The van der Waals surface area contributed by atoms with E-state index in [1.165, 1.54) is 16.5 Å². The number of aromatic nitrogens is 1. The highest BCUT2D eigenvalue weighted by atomic mass is 16.6.